The van der Waals surface area contributed by atoms with Crippen LogP contribution in [0, 0.1) is 4.64 Å². The Morgan fingerprint density at radius 1 is 1.12 bits per heavy atom. The van der Waals surface area contributed by atoms with Crippen molar-refractivity contribution < 1.29 is 13.2 Å². The van der Waals surface area contributed by atoms with Crippen molar-refractivity contribution in [2.24, 2.45) is 0 Å². The Bertz CT molecular complexity index is 572. The number of rotatable bonds is 1. The molecular formula is C11H7F3N2S. The summed E-state index contributed by atoms with van der Waals surface area (Å²) >= 11 is 4.93. The van der Waals surface area contributed by atoms with Gasteiger partial charge in [0, 0.05) is 18.0 Å². The average molecular weight is 256 g/mol. The highest BCUT2D eigenvalue weighted by molar-refractivity contribution is 7.71. The quantitative estimate of drug-likeness (QED) is 0.786. The van der Waals surface area contributed by atoms with E-state index in [1.807, 2.05) is 0 Å². The Labute approximate surface area is 100 Å². The topological polar surface area (TPSA) is 28.7 Å². The number of H-pyrrole nitrogens is 1. The number of halogens is 3. The van der Waals surface area contributed by atoms with E-state index in [1.165, 1.54) is 12.3 Å². The second-order valence-corrected chi connectivity index (χ2v) is 3.81. The predicted octanol–water partition coefficient (Wildman–Crippen LogP) is 3.82. The predicted molar refractivity (Wildman–Crippen MR) is 59.9 cm³/mol. The minimum Gasteiger partial charge on any atom is -0.353 e. The van der Waals surface area contributed by atoms with E-state index < -0.39 is 11.9 Å². The molecule has 0 unspecified atom stereocenters. The molecule has 2 nitrogen and oxygen atoms in total. The molecule has 0 saturated heterocycles. The number of aromatic nitrogens is 2. The minimum atomic E-state index is -4.41. The number of pyridine rings is 2. The van der Waals surface area contributed by atoms with Crippen LogP contribution in [0.15, 0.2) is 36.7 Å². The largest absolute Gasteiger partial charge is 0.433 e. The third-order valence-corrected chi connectivity index (χ3v) is 2.40. The third kappa shape index (κ3) is 2.71. The molecule has 0 aliphatic heterocycles. The van der Waals surface area contributed by atoms with Crippen molar-refractivity contribution in [2.45, 2.75) is 6.18 Å². The first-order valence-corrected chi connectivity index (χ1v) is 5.10. The summed E-state index contributed by atoms with van der Waals surface area (Å²) in [7, 11) is 0. The molecular weight excluding hydrogens is 249 g/mol. The molecule has 2 heterocycles. The van der Waals surface area contributed by atoms with Crippen molar-refractivity contribution in [3.05, 3.63) is 47.0 Å². The number of nitrogens with zero attached hydrogens (tertiary/aromatic N) is 1. The fourth-order valence-corrected chi connectivity index (χ4v) is 1.55. The molecule has 2 aromatic heterocycles. The lowest BCUT2D eigenvalue weighted by Crippen LogP contribution is -2.07. The Balaban J connectivity index is 2.39. The molecule has 0 radical (unpaired) electrons. The van der Waals surface area contributed by atoms with Gasteiger partial charge in [0.05, 0.1) is 0 Å². The normalized spacial score (nSPS) is 11.5. The van der Waals surface area contributed by atoms with Gasteiger partial charge in [0.1, 0.15) is 10.3 Å². The van der Waals surface area contributed by atoms with Gasteiger partial charge in [-0.05, 0) is 23.8 Å². The SMILES string of the molecule is FC(F)(F)c1ccc(-c2cc[nH]c(=S)c2)cn1. The smallest absolute Gasteiger partial charge is 0.353 e. The van der Waals surface area contributed by atoms with Gasteiger partial charge in [0.2, 0.25) is 0 Å². The van der Waals surface area contributed by atoms with Crippen LogP contribution in [0.25, 0.3) is 11.1 Å². The molecule has 0 aliphatic rings. The molecule has 17 heavy (non-hydrogen) atoms. The van der Waals surface area contributed by atoms with Crippen molar-refractivity contribution in [3.63, 3.8) is 0 Å². The van der Waals surface area contributed by atoms with Crippen LogP contribution in [0.4, 0.5) is 13.2 Å². The first kappa shape index (κ1) is 11.8. The van der Waals surface area contributed by atoms with Crippen LogP contribution in [-0.4, -0.2) is 9.97 Å². The Morgan fingerprint density at radius 3 is 2.41 bits per heavy atom. The van der Waals surface area contributed by atoms with Crippen LogP contribution in [0.5, 0.6) is 0 Å². The zero-order valence-electron chi connectivity index (χ0n) is 8.45. The van der Waals surface area contributed by atoms with Gasteiger partial charge < -0.3 is 4.98 Å². The maximum absolute atomic E-state index is 12.3. The van der Waals surface area contributed by atoms with Crippen LogP contribution in [0.2, 0.25) is 0 Å². The van der Waals surface area contributed by atoms with E-state index in [0.717, 1.165) is 11.6 Å². The highest BCUT2D eigenvalue weighted by atomic mass is 32.1. The van der Waals surface area contributed by atoms with Gasteiger partial charge >= 0.3 is 6.18 Å². The Kier molecular flexibility index (Phi) is 2.97. The summed E-state index contributed by atoms with van der Waals surface area (Å²) in [6.45, 7) is 0. The van der Waals surface area contributed by atoms with Crippen molar-refractivity contribution in [1.82, 2.24) is 9.97 Å². The van der Waals surface area contributed by atoms with Gasteiger partial charge in [0.15, 0.2) is 0 Å². The number of aromatic amines is 1. The van der Waals surface area contributed by atoms with E-state index in [0.29, 0.717) is 10.2 Å². The van der Waals surface area contributed by atoms with Gasteiger partial charge in [-0.3, -0.25) is 4.98 Å². The zero-order valence-corrected chi connectivity index (χ0v) is 9.27. The maximum Gasteiger partial charge on any atom is 0.433 e. The van der Waals surface area contributed by atoms with E-state index >= 15 is 0 Å². The summed E-state index contributed by atoms with van der Waals surface area (Å²) in [6.07, 6.45) is -1.59. The third-order valence-electron chi connectivity index (χ3n) is 2.16. The lowest BCUT2D eigenvalue weighted by Gasteiger charge is -2.06. The van der Waals surface area contributed by atoms with Crippen molar-refractivity contribution in [3.8, 4) is 11.1 Å². The summed E-state index contributed by atoms with van der Waals surface area (Å²) < 4.78 is 37.4. The number of nitrogens with one attached hydrogen (secondary N) is 1. The molecule has 0 aliphatic carbocycles. The molecule has 2 aromatic rings. The van der Waals surface area contributed by atoms with Crippen LogP contribution in [0.1, 0.15) is 5.69 Å². The molecule has 0 amide bonds. The Hall–Kier alpha value is -1.69. The average Bonchev–Trinajstić information content (AvgIpc) is 2.28. The van der Waals surface area contributed by atoms with Gasteiger partial charge in [-0.2, -0.15) is 13.2 Å². The standard InChI is InChI=1S/C11H7F3N2S/c12-11(13,14)9-2-1-8(6-16-9)7-3-4-15-10(17)5-7/h1-6H,(H,15,17). The fourth-order valence-electron chi connectivity index (χ4n) is 1.36. The molecule has 6 heteroatoms. The van der Waals surface area contributed by atoms with E-state index in [-0.39, 0.29) is 0 Å². The molecule has 1 N–H and O–H groups in total. The summed E-state index contributed by atoms with van der Waals surface area (Å²) in [5.41, 5.74) is 0.426. The summed E-state index contributed by atoms with van der Waals surface area (Å²) in [4.78, 5) is 6.18. The van der Waals surface area contributed by atoms with Crippen LogP contribution < -0.4 is 0 Å². The molecule has 0 aromatic carbocycles. The number of hydrogen-bond donors (Lipinski definition) is 1. The monoisotopic (exact) mass is 256 g/mol. The van der Waals surface area contributed by atoms with Crippen LogP contribution >= 0.6 is 12.2 Å². The molecule has 0 saturated carbocycles. The molecule has 0 atom stereocenters. The number of alkyl halides is 3. The van der Waals surface area contributed by atoms with Crippen molar-refractivity contribution >= 4 is 12.2 Å². The summed E-state index contributed by atoms with van der Waals surface area (Å²) in [5, 5.41) is 0. The van der Waals surface area contributed by atoms with Gasteiger partial charge in [-0.1, -0.05) is 18.3 Å². The fraction of sp³-hybridized carbons (Fsp3) is 0.0909. The molecule has 0 fully saturated rings. The molecule has 0 bridgehead atoms. The molecule has 88 valence electrons. The maximum atomic E-state index is 12.3. The van der Waals surface area contributed by atoms with E-state index in [2.05, 4.69) is 9.97 Å². The zero-order chi connectivity index (χ0) is 12.5. The second kappa shape index (κ2) is 4.29. The minimum absolute atomic E-state index is 0.516. The van der Waals surface area contributed by atoms with E-state index in [9.17, 15) is 13.2 Å². The highest BCUT2D eigenvalue weighted by Crippen LogP contribution is 2.28. The summed E-state index contributed by atoms with van der Waals surface area (Å²) in [5.74, 6) is 0. The van der Waals surface area contributed by atoms with E-state index in [4.69, 9.17) is 12.2 Å². The first-order valence-electron chi connectivity index (χ1n) is 4.69. The molecule has 0 spiro atoms. The van der Waals surface area contributed by atoms with Crippen LogP contribution in [0.3, 0.4) is 0 Å². The van der Waals surface area contributed by atoms with Crippen LogP contribution in [-0.2, 0) is 6.18 Å². The number of hydrogen-bond acceptors (Lipinski definition) is 2. The van der Waals surface area contributed by atoms with Gasteiger partial charge in [-0.15, -0.1) is 0 Å². The van der Waals surface area contributed by atoms with Crippen molar-refractivity contribution in [1.29, 1.82) is 0 Å². The van der Waals surface area contributed by atoms with E-state index in [1.54, 1.807) is 18.3 Å². The first-order chi connectivity index (χ1) is 7.97. The highest BCUT2D eigenvalue weighted by Gasteiger charge is 2.31. The van der Waals surface area contributed by atoms with Crippen molar-refractivity contribution in [2.75, 3.05) is 0 Å². The lowest BCUT2D eigenvalue weighted by molar-refractivity contribution is -0.141. The lowest BCUT2D eigenvalue weighted by atomic mass is 10.1. The second-order valence-electron chi connectivity index (χ2n) is 3.37. The Morgan fingerprint density at radius 2 is 1.88 bits per heavy atom. The summed E-state index contributed by atoms with van der Waals surface area (Å²) in [6, 6.07) is 5.72. The molecule has 2 rings (SSSR count). The van der Waals surface area contributed by atoms with Gasteiger partial charge in [0.25, 0.3) is 0 Å². The van der Waals surface area contributed by atoms with Gasteiger partial charge in [-0.25, -0.2) is 0 Å².